The predicted octanol–water partition coefficient (Wildman–Crippen LogP) is 2.59. The largest absolute Gasteiger partial charge is 0.237 e. The van der Waals surface area contributed by atoms with Gasteiger partial charge < -0.3 is 0 Å². The maximum absolute atomic E-state index is 13.2. The highest BCUT2D eigenvalue weighted by Crippen LogP contribution is 2.20. The molecule has 0 radical (unpaired) electrons. The van der Waals surface area contributed by atoms with Crippen LogP contribution in [-0.4, -0.2) is 9.97 Å². The Hall–Kier alpha value is -1.77. The van der Waals surface area contributed by atoms with Crippen molar-refractivity contribution in [2.24, 2.45) is 0 Å². The smallest absolute Gasteiger partial charge is 0.159 e. The van der Waals surface area contributed by atoms with E-state index in [1.54, 1.807) is 31.5 Å². The number of nitrogens with zero attached hydrogens (tertiary/aromatic N) is 2. The van der Waals surface area contributed by atoms with Gasteiger partial charge in [-0.15, -0.1) is 0 Å². The van der Waals surface area contributed by atoms with Crippen molar-refractivity contribution in [3.8, 4) is 11.4 Å². The van der Waals surface area contributed by atoms with Gasteiger partial charge in [-0.3, -0.25) is 0 Å². The second-order valence-electron chi connectivity index (χ2n) is 2.98. The van der Waals surface area contributed by atoms with Gasteiger partial charge in [0.1, 0.15) is 5.82 Å². The molecule has 1 aromatic carbocycles. The van der Waals surface area contributed by atoms with Gasteiger partial charge in [0, 0.05) is 18.0 Å². The summed E-state index contributed by atoms with van der Waals surface area (Å²) in [6.45, 7) is 1.72. The van der Waals surface area contributed by atoms with Crippen LogP contribution in [0.5, 0.6) is 0 Å². The van der Waals surface area contributed by atoms with Gasteiger partial charge in [0.2, 0.25) is 0 Å². The van der Waals surface area contributed by atoms with Gasteiger partial charge in [0.05, 0.1) is 0 Å². The fourth-order valence-corrected chi connectivity index (χ4v) is 1.29. The molecule has 0 atom stereocenters. The summed E-state index contributed by atoms with van der Waals surface area (Å²) in [4.78, 5) is 8.15. The van der Waals surface area contributed by atoms with Crippen LogP contribution in [0.15, 0.2) is 36.7 Å². The highest BCUT2D eigenvalue weighted by Gasteiger charge is 2.06. The van der Waals surface area contributed by atoms with Crippen LogP contribution in [0.25, 0.3) is 11.4 Å². The average Bonchev–Trinajstić information content (AvgIpc) is 2.23. The fourth-order valence-electron chi connectivity index (χ4n) is 1.29. The summed E-state index contributed by atoms with van der Waals surface area (Å²) in [5.41, 5.74) is 1.32. The zero-order valence-corrected chi connectivity index (χ0v) is 7.74. The molecule has 14 heavy (non-hydrogen) atoms. The number of halogens is 1. The molecule has 0 fully saturated rings. The van der Waals surface area contributed by atoms with Crippen LogP contribution in [0.1, 0.15) is 5.56 Å². The van der Waals surface area contributed by atoms with Crippen LogP contribution in [-0.2, 0) is 0 Å². The van der Waals surface area contributed by atoms with Crippen LogP contribution in [0.2, 0.25) is 0 Å². The Bertz CT molecular complexity index is 440. The monoisotopic (exact) mass is 188 g/mol. The Balaban J connectivity index is 2.58. The van der Waals surface area contributed by atoms with Crippen LogP contribution in [0.4, 0.5) is 4.39 Å². The van der Waals surface area contributed by atoms with E-state index in [9.17, 15) is 4.39 Å². The summed E-state index contributed by atoms with van der Waals surface area (Å²) in [6, 6.07) is 6.64. The van der Waals surface area contributed by atoms with E-state index < -0.39 is 0 Å². The lowest BCUT2D eigenvalue weighted by Gasteiger charge is -2.03. The molecule has 2 rings (SSSR count). The van der Waals surface area contributed by atoms with Crippen molar-refractivity contribution < 1.29 is 4.39 Å². The Morgan fingerprint density at radius 1 is 1.07 bits per heavy atom. The van der Waals surface area contributed by atoms with E-state index in [1.807, 2.05) is 6.07 Å². The van der Waals surface area contributed by atoms with E-state index in [-0.39, 0.29) is 5.82 Å². The van der Waals surface area contributed by atoms with Crippen molar-refractivity contribution in [1.82, 2.24) is 9.97 Å². The lowest BCUT2D eigenvalue weighted by molar-refractivity contribution is 0.619. The van der Waals surface area contributed by atoms with E-state index in [0.29, 0.717) is 11.4 Å². The lowest BCUT2D eigenvalue weighted by Crippen LogP contribution is -1.92. The van der Waals surface area contributed by atoms with E-state index in [2.05, 4.69) is 9.97 Å². The van der Waals surface area contributed by atoms with Crippen LogP contribution in [0, 0.1) is 12.7 Å². The van der Waals surface area contributed by atoms with E-state index >= 15 is 0 Å². The summed E-state index contributed by atoms with van der Waals surface area (Å²) in [6.07, 6.45) is 3.29. The molecule has 1 heterocycles. The Morgan fingerprint density at radius 2 is 1.79 bits per heavy atom. The quantitative estimate of drug-likeness (QED) is 0.687. The molecule has 2 nitrogen and oxygen atoms in total. The topological polar surface area (TPSA) is 25.8 Å². The second kappa shape index (κ2) is 3.54. The van der Waals surface area contributed by atoms with Crippen LogP contribution in [0.3, 0.4) is 0 Å². The lowest BCUT2D eigenvalue weighted by atomic mass is 10.1. The first-order chi connectivity index (χ1) is 6.79. The molecule has 0 aliphatic carbocycles. The highest BCUT2D eigenvalue weighted by molar-refractivity contribution is 5.59. The number of rotatable bonds is 1. The van der Waals surface area contributed by atoms with Crippen molar-refractivity contribution in [3.63, 3.8) is 0 Å². The van der Waals surface area contributed by atoms with Gasteiger partial charge in [0.25, 0.3) is 0 Å². The van der Waals surface area contributed by atoms with Gasteiger partial charge >= 0.3 is 0 Å². The molecule has 70 valence electrons. The summed E-state index contributed by atoms with van der Waals surface area (Å²) in [5, 5.41) is 0. The normalized spacial score (nSPS) is 10.1. The Morgan fingerprint density at radius 3 is 2.50 bits per heavy atom. The maximum Gasteiger partial charge on any atom is 0.159 e. The van der Waals surface area contributed by atoms with Crippen molar-refractivity contribution in [3.05, 3.63) is 48.0 Å². The third-order valence-electron chi connectivity index (χ3n) is 2.07. The summed E-state index contributed by atoms with van der Waals surface area (Å²) >= 11 is 0. The van der Waals surface area contributed by atoms with E-state index in [4.69, 9.17) is 0 Å². The molecule has 0 unspecified atom stereocenters. The first-order valence-electron chi connectivity index (χ1n) is 4.31. The molecule has 0 N–H and O–H groups in total. The van der Waals surface area contributed by atoms with E-state index in [0.717, 1.165) is 5.56 Å². The molecule has 2 aromatic rings. The van der Waals surface area contributed by atoms with Gasteiger partial charge in [-0.1, -0.05) is 12.1 Å². The summed E-state index contributed by atoms with van der Waals surface area (Å²) in [7, 11) is 0. The number of aromatic nitrogens is 2. The van der Waals surface area contributed by atoms with E-state index in [1.165, 1.54) is 6.07 Å². The zero-order valence-electron chi connectivity index (χ0n) is 7.74. The zero-order chi connectivity index (χ0) is 9.97. The third-order valence-corrected chi connectivity index (χ3v) is 2.07. The molecule has 0 spiro atoms. The fraction of sp³-hybridized carbons (Fsp3) is 0.0909. The van der Waals surface area contributed by atoms with Gasteiger partial charge in [0.15, 0.2) is 5.82 Å². The van der Waals surface area contributed by atoms with Crippen LogP contribution >= 0.6 is 0 Å². The second-order valence-corrected chi connectivity index (χ2v) is 2.98. The summed E-state index contributed by atoms with van der Waals surface area (Å²) in [5.74, 6) is 0.333. The molecule has 0 saturated carbocycles. The molecule has 0 amide bonds. The molecule has 0 aliphatic rings. The van der Waals surface area contributed by atoms with Gasteiger partial charge in [-0.25, -0.2) is 14.4 Å². The standard InChI is InChI=1S/C11H9FN2/c1-8-9(4-2-5-10(8)12)11-13-6-3-7-14-11/h2-7H,1H3. The number of hydrogen-bond donors (Lipinski definition) is 0. The average molecular weight is 188 g/mol. The Labute approximate surface area is 81.5 Å². The SMILES string of the molecule is Cc1c(F)cccc1-c1ncccn1. The number of benzene rings is 1. The first-order valence-corrected chi connectivity index (χ1v) is 4.31. The minimum atomic E-state index is -0.227. The molecular formula is C11H9FN2. The third kappa shape index (κ3) is 1.48. The minimum Gasteiger partial charge on any atom is -0.237 e. The predicted molar refractivity (Wildman–Crippen MR) is 52.2 cm³/mol. The molecule has 0 bridgehead atoms. The van der Waals surface area contributed by atoms with Crippen LogP contribution < -0.4 is 0 Å². The first kappa shape index (κ1) is 8.81. The molecule has 0 saturated heterocycles. The van der Waals surface area contributed by atoms with Crippen molar-refractivity contribution in [2.45, 2.75) is 6.92 Å². The minimum absolute atomic E-state index is 0.227. The maximum atomic E-state index is 13.2. The molecule has 0 aliphatic heterocycles. The number of hydrogen-bond acceptors (Lipinski definition) is 2. The molecule has 1 aromatic heterocycles. The Kier molecular flexibility index (Phi) is 2.23. The highest BCUT2D eigenvalue weighted by atomic mass is 19.1. The summed E-state index contributed by atoms with van der Waals surface area (Å²) < 4.78 is 13.2. The molecule has 3 heteroatoms. The molecular weight excluding hydrogens is 179 g/mol. The van der Waals surface area contributed by atoms with Gasteiger partial charge in [-0.05, 0) is 24.6 Å². The van der Waals surface area contributed by atoms with Crippen molar-refractivity contribution >= 4 is 0 Å². The van der Waals surface area contributed by atoms with Crippen molar-refractivity contribution in [1.29, 1.82) is 0 Å². The van der Waals surface area contributed by atoms with Crippen molar-refractivity contribution in [2.75, 3.05) is 0 Å². The van der Waals surface area contributed by atoms with Gasteiger partial charge in [-0.2, -0.15) is 0 Å².